The Balaban J connectivity index is 2.95. The van der Waals surface area contributed by atoms with E-state index in [1.54, 1.807) is 7.11 Å². The third-order valence-electron chi connectivity index (χ3n) is 1.88. The molecule has 0 bridgehead atoms. The van der Waals surface area contributed by atoms with E-state index in [9.17, 15) is 0 Å². The Kier molecular flexibility index (Phi) is 3.77. The Hall–Kier alpha value is -1.02. The lowest BCUT2D eigenvalue weighted by atomic mass is 10.1. The molecule has 0 heterocycles. The van der Waals surface area contributed by atoms with E-state index in [2.05, 4.69) is 0 Å². The molecule has 0 aromatic heterocycles. The molecule has 0 aliphatic heterocycles. The number of methoxy groups -OCH3 is 1. The average Bonchev–Trinajstić information content (AvgIpc) is 2.11. The van der Waals surface area contributed by atoms with Gasteiger partial charge in [-0.25, -0.2) is 0 Å². The van der Waals surface area contributed by atoms with Crippen molar-refractivity contribution >= 4 is 0 Å². The van der Waals surface area contributed by atoms with Crippen LogP contribution in [0.5, 0.6) is 5.75 Å². The molecule has 2 heteroatoms. The summed E-state index contributed by atoms with van der Waals surface area (Å²) in [6.07, 6.45) is 0. The lowest BCUT2D eigenvalue weighted by molar-refractivity contribution is 0.180. The van der Waals surface area contributed by atoms with Gasteiger partial charge in [0, 0.05) is 12.7 Å². The topological polar surface area (TPSA) is 18.5 Å². The van der Waals surface area contributed by atoms with Crippen LogP contribution in [0.2, 0.25) is 0 Å². The standard InChI is InChI=1S/C11H16O2/c1-4-13-11-9(2)6-5-7-10(11)8-12-3/h5-7H,4,8H2,1-3H3. The van der Waals surface area contributed by atoms with E-state index >= 15 is 0 Å². The second-order valence-corrected chi connectivity index (χ2v) is 2.93. The van der Waals surface area contributed by atoms with Gasteiger partial charge in [-0.05, 0) is 19.4 Å². The first-order valence-electron chi connectivity index (χ1n) is 4.49. The summed E-state index contributed by atoms with van der Waals surface area (Å²) in [5, 5.41) is 0. The molecule has 1 aromatic rings. The fraction of sp³-hybridized carbons (Fsp3) is 0.455. The van der Waals surface area contributed by atoms with E-state index in [0.29, 0.717) is 13.2 Å². The molecule has 0 unspecified atom stereocenters. The van der Waals surface area contributed by atoms with Crippen LogP contribution < -0.4 is 4.74 Å². The molecule has 0 amide bonds. The molecule has 72 valence electrons. The lowest BCUT2D eigenvalue weighted by Crippen LogP contribution is -1.99. The molecule has 0 saturated carbocycles. The van der Waals surface area contributed by atoms with Crippen LogP contribution in [0.4, 0.5) is 0 Å². The molecule has 0 spiro atoms. The maximum atomic E-state index is 5.54. The van der Waals surface area contributed by atoms with E-state index in [0.717, 1.165) is 16.9 Å². The summed E-state index contributed by atoms with van der Waals surface area (Å²) >= 11 is 0. The maximum absolute atomic E-state index is 5.54. The highest BCUT2D eigenvalue weighted by Crippen LogP contribution is 2.23. The maximum Gasteiger partial charge on any atom is 0.127 e. The summed E-state index contributed by atoms with van der Waals surface area (Å²) < 4.78 is 10.6. The number of hydrogen-bond donors (Lipinski definition) is 0. The van der Waals surface area contributed by atoms with Crippen LogP contribution in [0.25, 0.3) is 0 Å². The SMILES string of the molecule is CCOc1c(C)cccc1COC. The smallest absolute Gasteiger partial charge is 0.127 e. The minimum atomic E-state index is 0.608. The number of ether oxygens (including phenoxy) is 2. The predicted molar refractivity (Wildman–Crippen MR) is 53.1 cm³/mol. The van der Waals surface area contributed by atoms with E-state index < -0.39 is 0 Å². The lowest BCUT2D eigenvalue weighted by Gasteiger charge is -2.11. The van der Waals surface area contributed by atoms with Crippen molar-refractivity contribution < 1.29 is 9.47 Å². The molecule has 0 aliphatic rings. The van der Waals surface area contributed by atoms with Crippen LogP contribution in [0.15, 0.2) is 18.2 Å². The summed E-state index contributed by atoms with van der Waals surface area (Å²) in [6.45, 7) is 5.34. The summed E-state index contributed by atoms with van der Waals surface area (Å²) in [4.78, 5) is 0. The average molecular weight is 180 g/mol. The number of para-hydroxylation sites is 1. The molecule has 0 radical (unpaired) electrons. The fourth-order valence-electron chi connectivity index (χ4n) is 1.33. The molecule has 1 rings (SSSR count). The van der Waals surface area contributed by atoms with Crippen LogP contribution >= 0.6 is 0 Å². The first-order chi connectivity index (χ1) is 6.29. The Labute approximate surface area is 79.5 Å². The number of benzene rings is 1. The Morgan fingerprint density at radius 2 is 2.08 bits per heavy atom. The Morgan fingerprint density at radius 3 is 2.69 bits per heavy atom. The Morgan fingerprint density at radius 1 is 1.31 bits per heavy atom. The van der Waals surface area contributed by atoms with Crippen LogP contribution in [0.1, 0.15) is 18.1 Å². The van der Waals surface area contributed by atoms with Crippen molar-refractivity contribution in [3.63, 3.8) is 0 Å². The van der Waals surface area contributed by atoms with Gasteiger partial charge in [-0.2, -0.15) is 0 Å². The van der Waals surface area contributed by atoms with Crippen molar-refractivity contribution in [2.24, 2.45) is 0 Å². The molecular weight excluding hydrogens is 164 g/mol. The third kappa shape index (κ3) is 2.46. The van der Waals surface area contributed by atoms with Crippen molar-refractivity contribution in [2.45, 2.75) is 20.5 Å². The van der Waals surface area contributed by atoms with E-state index in [4.69, 9.17) is 9.47 Å². The van der Waals surface area contributed by atoms with Crippen molar-refractivity contribution in [1.29, 1.82) is 0 Å². The molecule has 2 nitrogen and oxygen atoms in total. The van der Waals surface area contributed by atoms with Crippen LogP contribution in [-0.4, -0.2) is 13.7 Å². The van der Waals surface area contributed by atoms with Gasteiger partial charge in [0.15, 0.2) is 0 Å². The van der Waals surface area contributed by atoms with Gasteiger partial charge in [0.1, 0.15) is 5.75 Å². The molecule has 1 aromatic carbocycles. The highest BCUT2D eigenvalue weighted by atomic mass is 16.5. The quantitative estimate of drug-likeness (QED) is 0.709. The molecule has 13 heavy (non-hydrogen) atoms. The first kappa shape index (κ1) is 10.1. The summed E-state index contributed by atoms with van der Waals surface area (Å²) in [6, 6.07) is 6.10. The van der Waals surface area contributed by atoms with Crippen LogP contribution in [-0.2, 0) is 11.3 Å². The van der Waals surface area contributed by atoms with Gasteiger partial charge in [-0.3, -0.25) is 0 Å². The van der Waals surface area contributed by atoms with Gasteiger partial charge in [-0.1, -0.05) is 18.2 Å². The van der Waals surface area contributed by atoms with Gasteiger partial charge >= 0.3 is 0 Å². The third-order valence-corrected chi connectivity index (χ3v) is 1.88. The predicted octanol–water partition coefficient (Wildman–Crippen LogP) is 2.54. The summed E-state index contributed by atoms with van der Waals surface area (Å²) in [7, 11) is 1.69. The van der Waals surface area contributed by atoms with Gasteiger partial charge in [0.25, 0.3) is 0 Å². The Bertz CT molecular complexity index is 269. The first-order valence-corrected chi connectivity index (χ1v) is 4.49. The number of rotatable bonds is 4. The van der Waals surface area contributed by atoms with Gasteiger partial charge < -0.3 is 9.47 Å². The van der Waals surface area contributed by atoms with Crippen molar-refractivity contribution in [3.8, 4) is 5.75 Å². The van der Waals surface area contributed by atoms with Gasteiger partial charge in [0.05, 0.1) is 13.2 Å². The zero-order chi connectivity index (χ0) is 9.68. The van der Waals surface area contributed by atoms with Crippen LogP contribution in [0, 0.1) is 6.92 Å². The fourth-order valence-corrected chi connectivity index (χ4v) is 1.33. The largest absolute Gasteiger partial charge is 0.493 e. The van der Waals surface area contributed by atoms with Crippen molar-refractivity contribution in [1.82, 2.24) is 0 Å². The monoisotopic (exact) mass is 180 g/mol. The molecular formula is C11H16O2. The number of aryl methyl sites for hydroxylation is 1. The molecule has 0 saturated heterocycles. The second-order valence-electron chi connectivity index (χ2n) is 2.93. The molecule has 0 fully saturated rings. The zero-order valence-electron chi connectivity index (χ0n) is 8.46. The minimum absolute atomic E-state index is 0.608. The van der Waals surface area contributed by atoms with E-state index in [1.165, 1.54) is 0 Å². The van der Waals surface area contributed by atoms with E-state index in [-0.39, 0.29) is 0 Å². The summed E-state index contributed by atoms with van der Waals surface area (Å²) in [5.41, 5.74) is 2.28. The zero-order valence-corrected chi connectivity index (χ0v) is 8.46. The van der Waals surface area contributed by atoms with Gasteiger partial charge in [-0.15, -0.1) is 0 Å². The van der Waals surface area contributed by atoms with E-state index in [1.807, 2.05) is 32.0 Å². The molecule has 0 N–H and O–H groups in total. The van der Waals surface area contributed by atoms with Crippen molar-refractivity contribution in [2.75, 3.05) is 13.7 Å². The second kappa shape index (κ2) is 4.87. The highest BCUT2D eigenvalue weighted by Gasteiger charge is 2.04. The molecule has 0 atom stereocenters. The highest BCUT2D eigenvalue weighted by molar-refractivity contribution is 5.40. The molecule has 0 aliphatic carbocycles. The van der Waals surface area contributed by atoms with Gasteiger partial charge in [0.2, 0.25) is 0 Å². The minimum Gasteiger partial charge on any atom is -0.493 e. The van der Waals surface area contributed by atoms with Crippen molar-refractivity contribution in [3.05, 3.63) is 29.3 Å². The normalized spacial score (nSPS) is 10.1. The van der Waals surface area contributed by atoms with Crippen LogP contribution in [0.3, 0.4) is 0 Å². The number of hydrogen-bond acceptors (Lipinski definition) is 2. The summed E-state index contributed by atoms with van der Waals surface area (Å²) in [5.74, 6) is 0.965.